The molecule has 8 heteroatoms. The van der Waals surface area contributed by atoms with E-state index in [0.717, 1.165) is 20.5 Å². The smallest absolute Gasteiger partial charge is 0.230 e. The number of hydrogen-bond donors (Lipinski definition) is 1. The molecule has 1 amide bonds. The van der Waals surface area contributed by atoms with E-state index in [2.05, 4.69) is 21.6 Å². The minimum Gasteiger partial charge on any atom is -0.348 e. The Kier molecular flexibility index (Phi) is 4.26. The number of thioether (sulfide) groups is 1. The fourth-order valence-electron chi connectivity index (χ4n) is 2.47. The number of amides is 1. The molecule has 4 rings (SSSR count). The largest absolute Gasteiger partial charge is 0.348 e. The molecular weight excluding hydrogens is 360 g/mol. The fourth-order valence-corrected chi connectivity index (χ4v) is 4.98. The van der Waals surface area contributed by atoms with E-state index in [9.17, 15) is 4.79 Å². The van der Waals surface area contributed by atoms with Crippen LogP contribution in [0.4, 0.5) is 0 Å². The van der Waals surface area contributed by atoms with Gasteiger partial charge in [-0.1, -0.05) is 41.3 Å². The number of fused-ring (bicyclic) bond motifs is 3. The van der Waals surface area contributed by atoms with Crippen molar-refractivity contribution in [3.8, 4) is 0 Å². The Labute approximate surface area is 150 Å². The Morgan fingerprint density at radius 2 is 2.17 bits per heavy atom. The first kappa shape index (κ1) is 15.6. The second-order valence-electron chi connectivity index (χ2n) is 5.26. The SMILES string of the molecule is CC(NC(=O)CSc1nnc2sc3ccccc3n12)c1cccs1. The molecule has 1 aromatic carbocycles. The zero-order valence-corrected chi connectivity index (χ0v) is 15.3. The molecule has 1 atom stereocenters. The van der Waals surface area contributed by atoms with Crippen LogP contribution < -0.4 is 5.32 Å². The highest BCUT2D eigenvalue weighted by atomic mass is 32.2. The Hall–Kier alpha value is -1.90. The molecule has 24 heavy (non-hydrogen) atoms. The van der Waals surface area contributed by atoms with Crippen LogP contribution in [0.2, 0.25) is 0 Å². The summed E-state index contributed by atoms with van der Waals surface area (Å²) in [7, 11) is 0. The van der Waals surface area contributed by atoms with Gasteiger partial charge in [-0.05, 0) is 30.5 Å². The Balaban J connectivity index is 1.47. The number of para-hydroxylation sites is 1. The molecule has 0 fully saturated rings. The molecule has 0 radical (unpaired) electrons. The molecular formula is C16H14N4OS3. The average molecular weight is 375 g/mol. The molecule has 3 aromatic heterocycles. The first-order valence-corrected chi connectivity index (χ1v) is 10.1. The molecule has 0 aliphatic carbocycles. The second-order valence-corrected chi connectivity index (χ2v) is 8.19. The van der Waals surface area contributed by atoms with Crippen LogP contribution in [-0.4, -0.2) is 26.3 Å². The topological polar surface area (TPSA) is 59.3 Å². The van der Waals surface area contributed by atoms with Gasteiger partial charge in [0.25, 0.3) is 0 Å². The lowest BCUT2D eigenvalue weighted by Gasteiger charge is -2.11. The highest BCUT2D eigenvalue weighted by Gasteiger charge is 2.15. The third-order valence-corrected chi connectivity index (χ3v) is 6.59. The second kappa shape index (κ2) is 6.54. The quantitative estimate of drug-likeness (QED) is 0.537. The van der Waals surface area contributed by atoms with Crippen molar-refractivity contribution in [2.45, 2.75) is 18.1 Å². The maximum Gasteiger partial charge on any atom is 0.230 e. The summed E-state index contributed by atoms with van der Waals surface area (Å²) in [6.07, 6.45) is 0. The standard InChI is InChI=1S/C16H14N4OS3/c1-10(12-7-4-8-22-12)17-14(21)9-23-15-18-19-16-20(15)11-5-2-3-6-13(11)24-16/h2-8,10H,9H2,1H3,(H,17,21). The highest BCUT2D eigenvalue weighted by molar-refractivity contribution is 7.99. The van der Waals surface area contributed by atoms with Gasteiger partial charge >= 0.3 is 0 Å². The molecule has 1 unspecified atom stereocenters. The van der Waals surface area contributed by atoms with Crippen LogP contribution in [-0.2, 0) is 4.79 Å². The van der Waals surface area contributed by atoms with E-state index in [1.54, 1.807) is 22.7 Å². The number of carbonyl (C=O) groups is 1. The third-order valence-electron chi connectivity index (χ3n) is 3.59. The van der Waals surface area contributed by atoms with Crippen LogP contribution in [0, 0.1) is 0 Å². The van der Waals surface area contributed by atoms with Gasteiger partial charge in [0.1, 0.15) is 0 Å². The zero-order valence-electron chi connectivity index (χ0n) is 12.8. The summed E-state index contributed by atoms with van der Waals surface area (Å²) in [5.74, 6) is 0.318. The van der Waals surface area contributed by atoms with Gasteiger partial charge in [0.2, 0.25) is 10.9 Å². The van der Waals surface area contributed by atoms with E-state index in [1.807, 2.05) is 47.0 Å². The molecule has 0 saturated heterocycles. The Morgan fingerprint density at radius 1 is 1.29 bits per heavy atom. The predicted octanol–water partition coefficient (Wildman–Crippen LogP) is 3.98. The minimum absolute atomic E-state index is 0.00261. The summed E-state index contributed by atoms with van der Waals surface area (Å²) in [6.45, 7) is 2.00. The summed E-state index contributed by atoms with van der Waals surface area (Å²) in [4.78, 5) is 14.2. The molecule has 0 bridgehead atoms. The van der Waals surface area contributed by atoms with E-state index in [4.69, 9.17) is 0 Å². The lowest BCUT2D eigenvalue weighted by atomic mass is 10.3. The molecule has 5 nitrogen and oxygen atoms in total. The number of hydrogen-bond acceptors (Lipinski definition) is 6. The van der Waals surface area contributed by atoms with E-state index in [-0.39, 0.29) is 11.9 Å². The minimum atomic E-state index is -0.00261. The lowest BCUT2D eigenvalue weighted by Crippen LogP contribution is -2.27. The number of nitrogens with zero attached hydrogens (tertiary/aromatic N) is 3. The van der Waals surface area contributed by atoms with E-state index >= 15 is 0 Å². The van der Waals surface area contributed by atoms with Crippen molar-refractivity contribution in [1.29, 1.82) is 0 Å². The van der Waals surface area contributed by atoms with E-state index < -0.39 is 0 Å². The molecule has 3 heterocycles. The van der Waals surface area contributed by atoms with Crippen molar-refractivity contribution in [2.75, 3.05) is 5.75 Å². The fraction of sp³-hybridized carbons (Fsp3) is 0.188. The number of thiazole rings is 1. The van der Waals surface area contributed by atoms with Gasteiger partial charge in [0, 0.05) is 4.88 Å². The molecule has 1 N–H and O–H groups in total. The summed E-state index contributed by atoms with van der Waals surface area (Å²) < 4.78 is 3.18. The first-order chi connectivity index (χ1) is 11.7. The number of aromatic nitrogens is 3. The van der Waals surface area contributed by atoms with Crippen molar-refractivity contribution in [1.82, 2.24) is 19.9 Å². The number of thiophene rings is 1. The number of benzene rings is 1. The van der Waals surface area contributed by atoms with Gasteiger partial charge in [-0.15, -0.1) is 21.5 Å². The van der Waals surface area contributed by atoms with Crippen LogP contribution in [0.3, 0.4) is 0 Å². The van der Waals surface area contributed by atoms with Crippen molar-refractivity contribution in [3.63, 3.8) is 0 Å². The number of nitrogens with one attached hydrogen (secondary N) is 1. The average Bonchev–Trinajstić information content (AvgIpc) is 3.29. The van der Waals surface area contributed by atoms with E-state index in [1.165, 1.54) is 16.5 Å². The van der Waals surface area contributed by atoms with Gasteiger partial charge in [-0.25, -0.2) is 0 Å². The highest BCUT2D eigenvalue weighted by Crippen LogP contribution is 2.29. The maximum absolute atomic E-state index is 12.2. The van der Waals surface area contributed by atoms with Gasteiger partial charge in [0.15, 0.2) is 5.16 Å². The van der Waals surface area contributed by atoms with Crippen LogP contribution in [0.25, 0.3) is 15.2 Å². The summed E-state index contributed by atoms with van der Waals surface area (Å²) in [6, 6.07) is 12.2. The third kappa shape index (κ3) is 2.92. The number of carbonyl (C=O) groups excluding carboxylic acids is 1. The van der Waals surface area contributed by atoms with Gasteiger partial charge in [-0.2, -0.15) is 0 Å². The Morgan fingerprint density at radius 3 is 3.00 bits per heavy atom. The molecule has 0 aliphatic heterocycles. The zero-order chi connectivity index (χ0) is 16.5. The molecule has 0 spiro atoms. The van der Waals surface area contributed by atoms with Gasteiger partial charge in [0.05, 0.1) is 22.0 Å². The molecule has 0 saturated carbocycles. The molecule has 122 valence electrons. The lowest BCUT2D eigenvalue weighted by molar-refractivity contribution is -0.119. The summed E-state index contributed by atoms with van der Waals surface area (Å²) in [5, 5.41) is 14.2. The normalized spacial score (nSPS) is 12.7. The van der Waals surface area contributed by atoms with Gasteiger partial charge in [-0.3, -0.25) is 9.20 Å². The summed E-state index contributed by atoms with van der Waals surface area (Å²) in [5.41, 5.74) is 1.08. The molecule has 0 aliphatic rings. The van der Waals surface area contributed by atoms with Crippen LogP contribution in [0.15, 0.2) is 46.9 Å². The number of rotatable bonds is 5. The van der Waals surface area contributed by atoms with Crippen molar-refractivity contribution in [2.24, 2.45) is 0 Å². The van der Waals surface area contributed by atoms with Crippen LogP contribution in [0.1, 0.15) is 17.8 Å². The maximum atomic E-state index is 12.2. The van der Waals surface area contributed by atoms with Crippen molar-refractivity contribution in [3.05, 3.63) is 46.7 Å². The van der Waals surface area contributed by atoms with Crippen molar-refractivity contribution >= 4 is 55.5 Å². The molecule has 4 aromatic rings. The summed E-state index contributed by atoms with van der Waals surface area (Å²) >= 11 is 4.66. The monoisotopic (exact) mass is 374 g/mol. The van der Waals surface area contributed by atoms with Crippen molar-refractivity contribution < 1.29 is 4.79 Å². The van der Waals surface area contributed by atoms with Crippen LogP contribution in [0.5, 0.6) is 0 Å². The first-order valence-electron chi connectivity index (χ1n) is 7.40. The van der Waals surface area contributed by atoms with Crippen LogP contribution >= 0.6 is 34.4 Å². The predicted molar refractivity (Wildman–Crippen MR) is 100.0 cm³/mol. The Bertz CT molecular complexity index is 989. The van der Waals surface area contributed by atoms with Gasteiger partial charge < -0.3 is 5.32 Å². The van der Waals surface area contributed by atoms with E-state index in [0.29, 0.717) is 5.75 Å².